The molecular weight excluding hydrogens is 329 g/mol. The molecule has 1 N–H and O–H groups in total. The van der Waals surface area contributed by atoms with Crippen LogP contribution in [0.1, 0.15) is 21.5 Å². The van der Waals surface area contributed by atoms with E-state index in [0.717, 1.165) is 16.5 Å². The van der Waals surface area contributed by atoms with Gasteiger partial charge in [-0.1, -0.05) is 35.9 Å². The van der Waals surface area contributed by atoms with E-state index in [1.165, 1.54) is 24.4 Å². The fraction of sp³-hybridized carbons (Fsp3) is 0.0556. The number of nitrogens with one attached hydrogen (secondary N) is 1. The number of hydrogen-bond acceptors (Lipinski definition) is 3. The van der Waals surface area contributed by atoms with E-state index in [4.69, 9.17) is 11.6 Å². The van der Waals surface area contributed by atoms with Crippen LogP contribution < -0.4 is 5.43 Å². The molecule has 120 valence electrons. The number of pyridine rings is 1. The van der Waals surface area contributed by atoms with E-state index < -0.39 is 11.7 Å². The summed E-state index contributed by atoms with van der Waals surface area (Å²) in [7, 11) is 0. The van der Waals surface area contributed by atoms with Crippen molar-refractivity contribution < 1.29 is 9.18 Å². The molecule has 0 fully saturated rings. The summed E-state index contributed by atoms with van der Waals surface area (Å²) in [5.41, 5.74) is 4.63. The van der Waals surface area contributed by atoms with Crippen molar-refractivity contribution >= 4 is 34.6 Å². The van der Waals surface area contributed by atoms with Gasteiger partial charge in [0.25, 0.3) is 5.91 Å². The lowest BCUT2D eigenvalue weighted by Gasteiger charge is -2.04. The summed E-state index contributed by atoms with van der Waals surface area (Å²) < 4.78 is 13.5. The van der Waals surface area contributed by atoms with E-state index in [1.807, 2.05) is 31.2 Å². The number of amides is 1. The molecule has 0 aliphatic carbocycles. The number of fused-ring (bicyclic) bond motifs is 1. The van der Waals surface area contributed by atoms with Crippen LogP contribution >= 0.6 is 11.6 Å². The number of aryl methyl sites for hydroxylation is 1. The maximum Gasteiger partial charge on any atom is 0.274 e. The fourth-order valence-corrected chi connectivity index (χ4v) is 2.42. The molecular formula is C18H13ClFN3O. The first-order valence-corrected chi connectivity index (χ1v) is 7.57. The fourth-order valence-electron chi connectivity index (χ4n) is 2.23. The first-order valence-electron chi connectivity index (χ1n) is 7.19. The SMILES string of the molecule is Cc1ccc2cc(/C=N\NC(=O)c3ccccc3F)c(Cl)nc2c1. The molecule has 1 amide bonds. The Hall–Kier alpha value is -2.79. The summed E-state index contributed by atoms with van der Waals surface area (Å²) in [6.45, 7) is 1.97. The molecule has 0 unspecified atom stereocenters. The second-order valence-corrected chi connectivity index (χ2v) is 5.60. The minimum absolute atomic E-state index is 0.0761. The van der Waals surface area contributed by atoms with Gasteiger partial charge in [0.05, 0.1) is 17.3 Å². The van der Waals surface area contributed by atoms with Crippen LogP contribution in [0.4, 0.5) is 4.39 Å². The molecule has 0 bridgehead atoms. The number of halogens is 2. The van der Waals surface area contributed by atoms with E-state index >= 15 is 0 Å². The van der Waals surface area contributed by atoms with Crippen molar-refractivity contribution in [1.29, 1.82) is 0 Å². The van der Waals surface area contributed by atoms with Crippen LogP contribution in [0.2, 0.25) is 5.15 Å². The Labute approximate surface area is 143 Å². The zero-order valence-corrected chi connectivity index (χ0v) is 13.5. The van der Waals surface area contributed by atoms with Gasteiger partial charge in [-0.3, -0.25) is 4.79 Å². The average Bonchev–Trinajstić information content (AvgIpc) is 2.55. The Morgan fingerprint density at radius 1 is 1.25 bits per heavy atom. The number of rotatable bonds is 3. The lowest BCUT2D eigenvalue weighted by molar-refractivity contribution is 0.0951. The first kappa shape index (κ1) is 16.1. The van der Waals surface area contributed by atoms with Gasteiger partial charge in [-0.05, 0) is 36.8 Å². The lowest BCUT2D eigenvalue weighted by Crippen LogP contribution is -2.19. The van der Waals surface area contributed by atoms with Gasteiger partial charge in [-0.25, -0.2) is 14.8 Å². The van der Waals surface area contributed by atoms with Gasteiger partial charge < -0.3 is 0 Å². The first-order chi connectivity index (χ1) is 11.5. The van der Waals surface area contributed by atoms with Crippen molar-refractivity contribution in [3.05, 3.63) is 76.2 Å². The van der Waals surface area contributed by atoms with E-state index in [-0.39, 0.29) is 10.7 Å². The normalized spacial score (nSPS) is 11.1. The van der Waals surface area contributed by atoms with Gasteiger partial charge in [-0.2, -0.15) is 5.10 Å². The van der Waals surface area contributed by atoms with Crippen molar-refractivity contribution in [2.24, 2.45) is 5.10 Å². The molecule has 0 spiro atoms. The maximum atomic E-state index is 13.5. The number of hydrogen-bond donors (Lipinski definition) is 1. The standard InChI is InChI=1S/C18H13ClFN3O/c1-11-6-7-12-9-13(17(19)22-16(12)8-11)10-21-23-18(24)14-4-2-3-5-15(14)20/h2-10H,1H3,(H,23,24)/b21-10-. The van der Waals surface area contributed by atoms with Gasteiger partial charge in [0.15, 0.2) is 0 Å². The molecule has 0 aliphatic rings. The van der Waals surface area contributed by atoms with Gasteiger partial charge in [0.2, 0.25) is 0 Å². The summed E-state index contributed by atoms with van der Waals surface area (Å²) in [6, 6.07) is 13.3. The molecule has 3 rings (SSSR count). The maximum absolute atomic E-state index is 13.5. The summed E-state index contributed by atoms with van der Waals surface area (Å²) in [5, 5.41) is 5.01. The monoisotopic (exact) mass is 341 g/mol. The molecule has 2 aromatic carbocycles. The largest absolute Gasteiger partial charge is 0.274 e. The quantitative estimate of drug-likeness (QED) is 0.443. The minimum atomic E-state index is -0.634. The predicted octanol–water partition coefficient (Wildman–Crippen LogP) is 4.10. The molecule has 0 aliphatic heterocycles. The molecule has 0 radical (unpaired) electrons. The molecule has 0 atom stereocenters. The predicted molar refractivity (Wildman–Crippen MR) is 93.0 cm³/mol. The van der Waals surface area contributed by atoms with Crippen molar-refractivity contribution in [3.8, 4) is 0 Å². The topological polar surface area (TPSA) is 54.4 Å². The smallest absolute Gasteiger partial charge is 0.267 e. The van der Waals surface area contributed by atoms with E-state index in [0.29, 0.717) is 5.56 Å². The lowest BCUT2D eigenvalue weighted by atomic mass is 10.1. The summed E-state index contributed by atoms with van der Waals surface area (Å²) >= 11 is 6.14. The summed E-state index contributed by atoms with van der Waals surface area (Å²) in [4.78, 5) is 16.2. The van der Waals surface area contributed by atoms with Crippen molar-refractivity contribution in [1.82, 2.24) is 10.4 Å². The number of carbonyl (C=O) groups is 1. The Bertz CT molecular complexity index is 956. The van der Waals surface area contributed by atoms with Gasteiger partial charge in [0, 0.05) is 10.9 Å². The van der Waals surface area contributed by atoms with Crippen LogP contribution in [0, 0.1) is 12.7 Å². The number of aromatic nitrogens is 1. The van der Waals surface area contributed by atoms with E-state index in [1.54, 1.807) is 6.07 Å². The van der Waals surface area contributed by atoms with Crippen LogP contribution in [0.3, 0.4) is 0 Å². The highest BCUT2D eigenvalue weighted by atomic mass is 35.5. The zero-order valence-electron chi connectivity index (χ0n) is 12.8. The van der Waals surface area contributed by atoms with Gasteiger partial charge >= 0.3 is 0 Å². The summed E-state index contributed by atoms with van der Waals surface area (Å²) in [6.07, 6.45) is 1.38. The zero-order chi connectivity index (χ0) is 17.1. The molecule has 0 saturated heterocycles. The minimum Gasteiger partial charge on any atom is -0.267 e. The number of nitrogens with zero attached hydrogens (tertiary/aromatic N) is 2. The highest BCUT2D eigenvalue weighted by Crippen LogP contribution is 2.20. The molecule has 3 aromatic rings. The van der Waals surface area contributed by atoms with Crippen molar-refractivity contribution in [2.75, 3.05) is 0 Å². The van der Waals surface area contributed by atoms with Crippen molar-refractivity contribution in [2.45, 2.75) is 6.92 Å². The second kappa shape index (κ2) is 6.76. The molecule has 24 heavy (non-hydrogen) atoms. The van der Waals surface area contributed by atoms with Crippen LogP contribution in [-0.4, -0.2) is 17.1 Å². The summed E-state index contributed by atoms with van der Waals surface area (Å²) in [5.74, 6) is -1.24. The average molecular weight is 342 g/mol. The van der Waals surface area contributed by atoms with Gasteiger partial charge in [0.1, 0.15) is 11.0 Å². The van der Waals surface area contributed by atoms with E-state index in [2.05, 4.69) is 15.5 Å². The Morgan fingerprint density at radius 3 is 2.83 bits per heavy atom. The van der Waals surface area contributed by atoms with Gasteiger partial charge in [-0.15, -0.1) is 0 Å². The van der Waals surface area contributed by atoms with E-state index in [9.17, 15) is 9.18 Å². The highest BCUT2D eigenvalue weighted by molar-refractivity contribution is 6.32. The third kappa shape index (κ3) is 3.41. The number of benzene rings is 2. The van der Waals surface area contributed by atoms with Crippen LogP contribution in [0.15, 0.2) is 53.6 Å². The third-order valence-electron chi connectivity index (χ3n) is 3.44. The Morgan fingerprint density at radius 2 is 2.04 bits per heavy atom. The third-order valence-corrected chi connectivity index (χ3v) is 3.74. The van der Waals surface area contributed by atoms with Crippen LogP contribution in [0.5, 0.6) is 0 Å². The van der Waals surface area contributed by atoms with Crippen LogP contribution in [-0.2, 0) is 0 Å². The highest BCUT2D eigenvalue weighted by Gasteiger charge is 2.09. The number of hydrazone groups is 1. The molecule has 0 saturated carbocycles. The second-order valence-electron chi connectivity index (χ2n) is 5.24. The molecule has 1 aromatic heterocycles. The van der Waals surface area contributed by atoms with Crippen LogP contribution in [0.25, 0.3) is 10.9 Å². The Balaban J connectivity index is 1.80. The Kier molecular flexibility index (Phi) is 4.53. The molecule has 1 heterocycles. The molecule has 4 nitrogen and oxygen atoms in total. The molecule has 6 heteroatoms. The number of carbonyl (C=O) groups excluding carboxylic acids is 1. The van der Waals surface area contributed by atoms with Crippen molar-refractivity contribution in [3.63, 3.8) is 0 Å².